The fraction of sp³-hybridized carbons (Fsp3) is 0.300. The number of halogens is 1. The zero-order chi connectivity index (χ0) is 11.4. The first-order valence-corrected chi connectivity index (χ1v) is 5.33. The standard InChI is InChI=1S/C10H12ClN5/c1-8-9(11)13-7-14-10(8)12-4-6-16-5-2-3-15-16/h2-3,5,7H,4,6H2,1H3,(H,12,13,14). The van der Waals surface area contributed by atoms with Crippen LogP contribution in [0.25, 0.3) is 0 Å². The quantitative estimate of drug-likeness (QED) is 0.824. The Morgan fingerprint density at radius 3 is 3.06 bits per heavy atom. The van der Waals surface area contributed by atoms with E-state index in [0.29, 0.717) is 5.15 Å². The molecule has 0 radical (unpaired) electrons. The molecule has 0 aliphatic carbocycles. The van der Waals surface area contributed by atoms with Gasteiger partial charge in [-0.15, -0.1) is 0 Å². The third-order valence-corrected chi connectivity index (χ3v) is 2.60. The van der Waals surface area contributed by atoms with E-state index in [0.717, 1.165) is 24.5 Å². The van der Waals surface area contributed by atoms with Gasteiger partial charge in [0, 0.05) is 24.5 Å². The molecule has 0 amide bonds. The fourth-order valence-corrected chi connectivity index (χ4v) is 1.46. The largest absolute Gasteiger partial charge is 0.368 e. The summed E-state index contributed by atoms with van der Waals surface area (Å²) in [6.07, 6.45) is 5.12. The smallest absolute Gasteiger partial charge is 0.137 e. The van der Waals surface area contributed by atoms with Crippen molar-refractivity contribution in [3.8, 4) is 0 Å². The van der Waals surface area contributed by atoms with Gasteiger partial charge in [0.05, 0.1) is 6.54 Å². The second kappa shape index (κ2) is 4.94. The second-order valence-electron chi connectivity index (χ2n) is 3.33. The van der Waals surface area contributed by atoms with Gasteiger partial charge in [0.2, 0.25) is 0 Å². The third-order valence-electron chi connectivity index (χ3n) is 2.22. The average Bonchev–Trinajstić information content (AvgIpc) is 2.77. The van der Waals surface area contributed by atoms with E-state index < -0.39 is 0 Å². The number of anilines is 1. The van der Waals surface area contributed by atoms with E-state index in [1.165, 1.54) is 6.33 Å². The molecule has 0 saturated carbocycles. The molecule has 2 aromatic heterocycles. The molecule has 0 saturated heterocycles. The van der Waals surface area contributed by atoms with E-state index in [2.05, 4.69) is 20.4 Å². The molecule has 2 rings (SSSR count). The van der Waals surface area contributed by atoms with Gasteiger partial charge < -0.3 is 5.32 Å². The SMILES string of the molecule is Cc1c(Cl)ncnc1NCCn1cccn1. The maximum Gasteiger partial charge on any atom is 0.137 e. The molecule has 16 heavy (non-hydrogen) atoms. The van der Waals surface area contributed by atoms with Gasteiger partial charge in [0.25, 0.3) is 0 Å². The van der Waals surface area contributed by atoms with Crippen molar-refractivity contribution in [1.82, 2.24) is 19.7 Å². The molecule has 5 nitrogen and oxygen atoms in total. The average molecular weight is 238 g/mol. The van der Waals surface area contributed by atoms with Crippen molar-refractivity contribution in [2.24, 2.45) is 0 Å². The molecule has 0 aromatic carbocycles. The van der Waals surface area contributed by atoms with Crippen LogP contribution in [0.5, 0.6) is 0 Å². The number of rotatable bonds is 4. The van der Waals surface area contributed by atoms with Crippen molar-refractivity contribution < 1.29 is 0 Å². The molecule has 0 aliphatic heterocycles. The van der Waals surface area contributed by atoms with E-state index in [1.807, 2.05) is 23.9 Å². The topological polar surface area (TPSA) is 55.6 Å². The van der Waals surface area contributed by atoms with Crippen LogP contribution in [-0.2, 0) is 6.54 Å². The maximum atomic E-state index is 5.88. The van der Waals surface area contributed by atoms with Gasteiger partial charge in [-0.25, -0.2) is 9.97 Å². The van der Waals surface area contributed by atoms with Crippen LogP contribution in [0.2, 0.25) is 5.15 Å². The van der Waals surface area contributed by atoms with E-state index in [9.17, 15) is 0 Å². The molecule has 0 aliphatic rings. The van der Waals surface area contributed by atoms with Crippen LogP contribution < -0.4 is 5.32 Å². The maximum absolute atomic E-state index is 5.88. The highest BCUT2D eigenvalue weighted by Gasteiger charge is 2.03. The molecular weight excluding hydrogens is 226 g/mol. The molecule has 0 bridgehead atoms. The number of aromatic nitrogens is 4. The highest BCUT2D eigenvalue weighted by Crippen LogP contribution is 2.17. The van der Waals surface area contributed by atoms with Crippen molar-refractivity contribution >= 4 is 17.4 Å². The number of nitrogens with one attached hydrogen (secondary N) is 1. The second-order valence-corrected chi connectivity index (χ2v) is 3.69. The van der Waals surface area contributed by atoms with Crippen LogP contribution in [0.3, 0.4) is 0 Å². The minimum Gasteiger partial charge on any atom is -0.368 e. The van der Waals surface area contributed by atoms with Crippen LogP contribution >= 0.6 is 11.6 Å². The summed E-state index contributed by atoms with van der Waals surface area (Å²) in [6, 6.07) is 1.90. The number of hydrogen-bond acceptors (Lipinski definition) is 4. The molecule has 0 spiro atoms. The Kier molecular flexibility index (Phi) is 3.36. The molecular formula is C10H12ClN5. The van der Waals surface area contributed by atoms with Crippen LogP contribution in [-0.4, -0.2) is 26.3 Å². The normalized spacial score (nSPS) is 10.4. The van der Waals surface area contributed by atoms with Gasteiger partial charge >= 0.3 is 0 Å². The molecule has 84 valence electrons. The summed E-state index contributed by atoms with van der Waals surface area (Å²) in [7, 11) is 0. The molecule has 2 aromatic rings. The zero-order valence-electron chi connectivity index (χ0n) is 8.89. The monoisotopic (exact) mass is 237 g/mol. The first-order chi connectivity index (χ1) is 7.77. The van der Waals surface area contributed by atoms with Crippen molar-refractivity contribution in [2.75, 3.05) is 11.9 Å². The van der Waals surface area contributed by atoms with Gasteiger partial charge in [-0.2, -0.15) is 5.10 Å². The van der Waals surface area contributed by atoms with Crippen molar-refractivity contribution in [1.29, 1.82) is 0 Å². The Balaban J connectivity index is 1.92. The number of nitrogens with zero attached hydrogens (tertiary/aromatic N) is 4. The molecule has 0 atom stereocenters. The lowest BCUT2D eigenvalue weighted by Crippen LogP contribution is -2.12. The summed E-state index contributed by atoms with van der Waals surface area (Å²) >= 11 is 5.88. The minimum absolute atomic E-state index is 0.483. The summed E-state index contributed by atoms with van der Waals surface area (Å²) in [5.41, 5.74) is 0.865. The third kappa shape index (κ3) is 2.49. The summed E-state index contributed by atoms with van der Waals surface area (Å²) in [5, 5.41) is 7.78. The molecule has 6 heteroatoms. The number of hydrogen-bond donors (Lipinski definition) is 1. The molecule has 2 heterocycles. The zero-order valence-corrected chi connectivity index (χ0v) is 9.65. The summed E-state index contributed by atoms with van der Waals surface area (Å²) in [5.74, 6) is 0.771. The van der Waals surface area contributed by atoms with Gasteiger partial charge in [0.15, 0.2) is 0 Å². The van der Waals surface area contributed by atoms with Gasteiger partial charge in [-0.3, -0.25) is 4.68 Å². The van der Waals surface area contributed by atoms with Crippen LogP contribution in [0, 0.1) is 6.92 Å². The molecule has 0 unspecified atom stereocenters. The Labute approximate surface area is 98.5 Å². The first-order valence-electron chi connectivity index (χ1n) is 4.96. The Hall–Kier alpha value is -1.62. The highest BCUT2D eigenvalue weighted by molar-refractivity contribution is 6.30. The highest BCUT2D eigenvalue weighted by atomic mass is 35.5. The lowest BCUT2D eigenvalue weighted by Gasteiger charge is -2.08. The fourth-order valence-electron chi connectivity index (χ4n) is 1.33. The summed E-state index contributed by atoms with van der Waals surface area (Å²) < 4.78 is 1.85. The predicted octanol–water partition coefficient (Wildman–Crippen LogP) is 1.75. The van der Waals surface area contributed by atoms with Crippen LogP contribution in [0.1, 0.15) is 5.56 Å². The van der Waals surface area contributed by atoms with E-state index >= 15 is 0 Å². The van der Waals surface area contributed by atoms with Gasteiger partial charge in [-0.1, -0.05) is 11.6 Å². The molecule has 0 fully saturated rings. The van der Waals surface area contributed by atoms with E-state index in [4.69, 9.17) is 11.6 Å². The summed E-state index contributed by atoms with van der Waals surface area (Å²) in [6.45, 7) is 3.42. The van der Waals surface area contributed by atoms with Crippen LogP contribution in [0.4, 0.5) is 5.82 Å². The van der Waals surface area contributed by atoms with Crippen molar-refractivity contribution in [3.63, 3.8) is 0 Å². The van der Waals surface area contributed by atoms with Gasteiger partial charge in [-0.05, 0) is 13.0 Å². The van der Waals surface area contributed by atoms with Crippen molar-refractivity contribution in [3.05, 3.63) is 35.5 Å². The van der Waals surface area contributed by atoms with E-state index in [-0.39, 0.29) is 0 Å². The van der Waals surface area contributed by atoms with E-state index in [1.54, 1.807) is 6.20 Å². The minimum atomic E-state index is 0.483. The Bertz CT molecular complexity index is 454. The van der Waals surface area contributed by atoms with Crippen molar-refractivity contribution in [2.45, 2.75) is 13.5 Å². The van der Waals surface area contributed by atoms with Crippen LogP contribution in [0.15, 0.2) is 24.8 Å². The first kappa shape index (κ1) is 10.9. The Morgan fingerprint density at radius 2 is 2.31 bits per heavy atom. The van der Waals surface area contributed by atoms with Gasteiger partial charge in [0.1, 0.15) is 17.3 Å². The lowest BCUT2D eigenvalue weighted by molar-refractivity contribution is 0.637. The molecule has 1 N–H and O–H groups in total. The predicted molar refractivity (Wildman–Crippen MR) is 62.5 cm³/mol. The summed E-state index contributed by atoms with van der Waals surface area (Å²) in [4.78, 5) is 8.02. The lowest BCUT2D eigenvalue weighted by atomic mass is 10.3. The Morgan fingerprint density at radius 1 is 1.44 bits per heavy atom.